The molecule has 0 radical (unpaired) electrons. The van der Waals surface area contributed by atoms with Crippen LogP contribution >= 0.6 is 0 Å². The molecule has 0 spiro atoms. The molecule has 1 aromatic carbocycles. The van der Waals surface area contributed by atoms with Gasteiger partial charge >= 0.3 is 0 Å². The van der Waals surface area contributed by atoms with E-state index in [0.717, 1.165) is 36.5 Å². The number of fused-ring (bicyclic) bond motifs is 1. The minimum Gasteiger partial charge on any atom is -0.312 e. The van der Waals surface area contributed by atoms with Crippen molar-refractivity contribution in [3.63, 3.8) is 0 Å². The highest BCUT2D eigenvalue weighted by Gasteiger charge is 2.22. The van der Waals surface area contributed by atoms with Gasteiger partial charge in [-0.05, 0) is 43.6 Å². The molecule has 1 atom stereocenters. The van der Waals surface area contributed by atoms with Crippen LogP contribution in [0.15, 0.2) is 48.7 Å². The maximum atomic E-state index is 4.86. The van der Waals surface area contributed by atoms with Crippen LogP contribution < -0.4 is 0 Å². The molecule has 0 amide bonds. The van der Waals surface area contributed by atoms with Crippen LogP contribution in [-0.4, -0.2) is 39.6 Å². The molecule has 0 N–H and O–H groups in total. The number of nitrogens with zero attached hydrogens (tertiary/aromatic N) is 4. The van der Waals surface area contributed by atoms with E-state index >= 15 is 0 Å². The van der Waals surface area contributed by atoms with E-state index in [1.807, 2.05) is 12.3 Å². The van der Waals surface area contributed by atoms with E-state index in [9.17, 15) is 0 Å². The monoisotopic (exact) mass is 306 g/mol. The van der Waals surface area contributed by atoms with Crippen molar-refractivity contribution in [2.24, 2.45) is 5.92 Å². The second-order valence-electron chi connectivity index (χ2n) is 6.56. The zero-order valence-corrected chi connectivity index (χ0v) is 13.5. The van der Waals surface area contributed by atoms with Gasteiger partial charge in [0.15, 0.2) is 5.65 Å². The van der Waals surface area contributed by atoms with Crippen LogP contribution in [0.3, 0.4) is 0 Å². The number of hydrogen-bond donors (Lipinski definition) is 0. The second-order valence-corrected chi connectivity index (χ2v) is 6.56. The fraction of sp³-hybridized carbons (Fsp3) is 0.368. The Bertz CT molecular complexity index is 793. The standard InChI is InChI=1S/C19H22N4/c1-22-11-9-16(13-22)14-23-18(12-15-6-3-2-4-7-15)21-17-8-5-10-20-19(17)23/h2-8,10,16H,9,11-14H2,1H3. The van der Waals surface area contributed by atoms with E-state index < -0.39 is 0 Å². The van der Waals surface area contributed by atoms with Crippen molar-refractivity contribution in [1.82, 2.24) is 19.4 Å². The zero-order chi connectivity index (χ0) is 15.6. The Hall–Kier alpha value is -2.20. The van der Waals surface area contributed by atoms with E-state index in [4.69, 9.17) is 4.98 Å². The Morgan fingerprint density at radius 3 is 2.78 bits per heavy atom. The summed E-state index contributed by atoms with van der Waals surface area (Å²) in [4.78, 5) is 11.9. The highest BCUT2D eigenvalue weighted by Crippen LogP contribution is 2.22. The Morgan fingerprint density at radius 2 is 2.00 bits per heavy atom. The van der Waals surface area contributed by atoms with E-state index in [0.29, 0.717) is 5.92 Å². The van der Waals surface area contributed by atoms with Gasteiger partial charge in [-0.1, -0.05) is 30.3 Å². The molecule has 4 heteroatoms. The maximum absolute atomic E-state index is 4.86. The van der Waals surface area contributed by atoms with Crippen molar-refractivity contribution in [2.45, 2.75) is 19.4 Å². The lowest BCUT2D eigenvalue weighted by Gasteiger charge is -2.14. The SMILES string of the molecule is CN1CCC(Cn2c(Cc3ccccc3)nc3cccnc32)C1. The molecule has 3 heterocycles. The van der Waals surface area contributed by atoms with E-state index in [1.54, 1.807) is 0 Å². The van der Waals surface area contributed by atoms with Crippen molar-refractivity contribution in [3.8, 4) is 0 Å². The summed E-state index contributed by atoms with van der Waals surface area (Å²) in [5.74, 6) is 1.81. The number of rotatable bonds is 4. The summed E-state index contributed by atoms with van der Waals surface area (Å²) in [5, 5.41) is 0. The Morgan fingerprint density at radius 1 is 1.13 bits per heavy atom. The third-order valence-electron chi connectivity index (χ3n) is 4.72. The summed E-state index contributed by atoms with van der Waals surface area (Å²) >= 11 is 0. The number of aromatic nitrogens is 3. The molecule has 0 aliphatic carbocycles. The first-order chi connectivity index (χ1) is 11.3. The summed E-state index contributed by atoms with van der Waals surface area (Å²) in [6.45, 7) is 3.37. The average Bonchev–Trinajstić information content (AvgIpc) is 3.13. The fourth-order valence-electron chi connectivity index (χ4n) is 3.54. The van der Waals surface area contributed by atoms with Gasteiger partial charge in [-0.2, -0.15) is 0 Å². The number of benzene rings is 1. The zero-order valence-electron chi connectivity index (χ0n) is 13.5. The number of likely N-dealkylation sites (tertiary alicyclic amines) is 1. The van der Waals surface area contributed by atoms with Crippen LogP contribution in [-0.2, 0) is 13.0 Å². The molecule has 1 saturated heterocycles. The lowest BCUT2D eigenvalue weighted by Crippen LogP contribution is -2.18. The van der Waals surface area contributed by atoms with E-state index in [1.165, 1.54) is 18.5 Å². The van der Waals surface area contributed by atoms with Gasteiger partial charge in [-0.25, -0.2) is 9.97 Å². The molecule has 23 heavy (non-hydrogen) atoms. The maximum Gasteiger partial charge on any atom is 0.160 e. The number of imidazole rings is 1. The van der Waals surface area contributed by atoms with Gasteiger partial charge in [0.1, 0.15) is 11.3 Å². The van der Waals surface area contributed by atoms with Gasteiger partial charge < -0.3 is 9.47 Å². The summed E-state index contributed by atoms with van der Waals surface area (Å²) < 4.78 is 2.34. The topological polar surface area (TPSA) is 34.0 Å². The molecule has 0 bridgehead atoms. The summed E-state index contributed by atoms with van der Waals surface area (Å²) in [7, 11) is 2.20. The molecule has 118 valence electrons. The smallest absolute Gasteiger partial charge is 0.160 e. The first-order valence-electron chi connectivity index (χ1n) is 8.32. The molecule has 1 unspecified atom stereocenters. The second kappa shape index (κ2) is 6.13. The van der Waals surface area contributed by atoms with E-state index in [-0.39, 0.29) is 0 Å². The van der Waals surface area contributed by atoms with Crippen LogP contribution in [0.25, 0.3) is 11.2 Å². The minimum absolute atomic E-state index is 0.689. The molecule has 4 rings (SSSR count). The summed E-state index contributed by atoms with van der Waals surface area (Å²) in [6, 6.07) is 14.6. The van der Waals surface area contributed by atoms with Gasteiger partial charge in [0, 0.05) is 25.7 Å². The third-order valence-corrected chi connectivity index (χ3v) is 4.72. The molecule has 4 nitrogen and oxygen atoms in total. The lowest BCUT2D eigenvalue weighted by atomic mass is 10.1. The van der Waals surface area contributed by atoms with Crippen molar-refractivity contribution in [1.29, 1.82) is 0 Å². The van der Waals surface area contributed by atoms with Crippen molar-refractivity contribution < 1.29 is 0 Å². The predicted molar refractivity (Wildman–Crippen MR) is 92.4 cm³/mol. The van der Waals surface area contributed by atoms with Crippen molar-refractivity contribution in [3.05, 3.63) is 60.0 Å². The quantitative estimate of drug-likeness (QED) is 0.743. The average molecular weight is 306 g/mol. The van der Waals surface area contributed by atoms with Crippen LogP contribution in [0.4, 0.5) is 0 Å². The predicted octanol–water partition coefficient (Wildman–Crippen LogP) is 2.97. The van der Waals surface area contributed by atoms with Crippen LogP contribution in [0.5, 0.6) is 0 Å². The Balaban J connectivity index is 1.69. The highest BCUT2D eigenvalue weighted by atomic mass is 15.2. The fourth-order valence-corrected chi connectivity index (χ4v) is 3.54. The van der Waals surface area contributed by atoms with Gasteiger partial charge in [0.2, 0.25) is 0 Å². The van der Waals surface area contributed by atoms with Gasteiger partial charge in [-0.15, -0.1) is 0 Å². The van der Waals surface area contributed by atoms with Crippen LogP contribution in [0.2, 0.25) is 0 Å². The van der Waals surface area contributed by atoms with Gasteiger partial charge in [0.25, 0.3) is 0 Å². The van der Waals surface area contributed by atoms with Gasteiger partial charge in [-0.3, -0.25) is 0 Å². The molecule has 3 aromatic rings. The number of pyridine rings is 1. The first kappa shape index (κ1) is 14.4. The Labute approximate surface area is 136 Å². The summed E-state index contributed by atoms with van der Waals surface area (Å²) in [6.07, 6.45) is 3.99. The van der Waals surface area contributed by atoms with Crippen molar-refractivity contribution >= 4 is 11.2 Å². The largest absolute Gasteiger partial charge is 0.312 e. The van der Waals surface area contributed by atoms with Crippen molar-refractivity contribution in [2.75, 3.05) is 20.1 Å². The molecule has 1 aliphatic heterocycles. The highest BCUT2D eigenvalue weighted by molar-refractivity contribution is 5.71. The molecule has 2 aromatic heterocycles. The third kappa shape index (κ3) is 2.99. The lowest BCUT2D eigenvalue weighted by molar-refractivity contribution is 0.377. The molecular formula is C19H22N4. The molecule has 1 fully saturated rings. The van der Waals surface area contributed by atoms with Gasteiger partial charge in [0.05, 0.1) is 0 Å². The molecule has 0 saturated carbocycles. The normalized spacial score (nSPS) is 18.7. The van der Waals surface area contributed by atoms with E-state index in [2.05, 4.69) is 57.9 Å². The van der Waals surface area contributed by atoms with Crippen LogP contribution in [0.1, 0.15) is 17.8 Å². The first-order valence-corrected chi connectivity index (χ1v) is 8.32. The summed E-state index contributed by atoms with van der Waals surface area (Å²) in [5.41, 5.74) is 3.32. The molecular weight excluding hydrogens is 284 g/mol. The Kier molecular flexibility index (Phi) is 3.83. The van der Waals surface area contributed by atoms with Crippen LogP contribution in [0, 0.1) is 5.92 Å². The minimum atomic E-state index is 0.689. The number of hydrogen-bond acceptors (Lipinski definition) is 3. The molecule has 1 aliphatic rings.